The average molecular weight is 220 g/mol. The molecular formula is C9H8N4O3. The molecule has 2 rings (SSSR count). The summed E-state index contributed by atoms with van der Waals surface area (Å²) in [6, 6.07) is 3.29. The van der Waals surface area contributed by atoms with Gasteiger partial charge in [0.1, 0.15) is 0 Å². The van der Waals surface area contributed by atoms with Crippen molar-refractivity contribution in [1.82, 2.24) is 19.7 Å². The molecule has 2 heterocycles. The first-order valence-electron chi connectivity index (χ1n) is 4.40. The van der Waals surface area contributed by atoms with Gasteiger partial charge in [-0.05, 0) is 12.1 Å². The van der Waals surface area contributed by atoms with Gasteiger partial charge in [-0.15, -0.1) is 5.10 Å². The van der Waals surface area contributed by atoms with Gasteiger partial charge in [0.05, 0.1) is 12.8 Å². The number of carbonyl (C=O) groups is 2. The molecule has 16 heavy (non-hydrogen) atoms. The first-order chi connectivity index (χ1) is 7.76. The van der Waals surface area contributed by atoms with Crippen LogP contribution in [0.15, 0.2) is 18.3 Å². The molecule has 0 fully saturated rings. The third kappa shape index (κ3) is 1.58. The van der Waals surface area contributed by atoms with Crippen LogP contribution in [0.3, 0.4) is 0 Å². The molecule has 0 saturated carbocycles. The molecule has 0 aliphatic rings. The van der Waals surface area contributed by atoms with Gasteiger partial charge in [0.2, 0.25) is 5.82 Å². The van der Waals surface area contributed by atoms with Crippen LogP contribution in [-0.4, -0.2) is 39.1 Å². The minimum atomic E-state index is -0.612. The number of aromatic nitrogens is 4. The quantitative estimate of drug-likeness (QED) is 0.589. The number of methoxy groups -OCH3 is 1. The lowest BCUT2D eigenvalue weighted by molar-refractivity contribution is 0.0587. The fourth-order valence-corrected chi connectivity index (χ4v) is 1.22. The van der Waals surface area contributed by atoms with Crippen molar-refractivity contribution in [2.75, 3.05) is 7.11 Å². The van der Waals surface area contributed by atoms with Crippen LogP contribution in [-0.2, 0) is 4.74 Å². The predicted octanol–water partition coefficient (Wildman–Crippen LogP) is 0.194. The maximum absolute atomic E-state index is 11.1. The van der Waals surface area contributed by atoms with E-state index in [1.54, 1.807) is 18.3 Å². The summed E-state index contributed by atoms with van der Waals surface area (Å²) in [6.07, 6.45) is 2.29. The Kier molecular flexibility index (Phi) is 2.50. The molecule has 7 nitrogen and oxygen atoms in total. The van der Waals surface area contributed by atoms with Gasteiger partial charge in [-0.2, -0.15) is 4.98 Å². The minimum absolute atomic E-state index is 0.0111. The smallest absolute Gasteiger partial charge is 0.375 e. The van der Waals surface area contributed by atoms with E-state index in [1.807, 2.05) is 0 Å². The summed E-state index contributed by atoms with van der Waals surface area (Å²) < 4.78 is 5.93. The van der Waals surface area contributed by atoms with Crippen molar-refractivity contribution in [2.45, 2.75) is 0 Å². The Labute approximate surface area is 90.1 Å². The fourth-order valence-electron chi connectivity index (χ4n) is 1.22. The second-order valence-corrected chi connectivity index (χ2v) is 2.90. The lowest BCUT2D eigenvalue weighted by Crippen LogP contribution is -2.04. The molecule has 0 aromatic carbocycles. The van der Waals surface area contributed by atoms with Crippen LogP contribution in [0.5, 0.6) is 0 Å². The molecule has 2 aromatic rings. The van der Waals surface area contributed by atoms with Gasteiger partial charge in [0.25, 0.3) is 5.95 Å². The van der Waals surface area contributed by atoms with Gasteiger partial charge in [-0.3, -0.25) is 14.5 Å². The summed E-state index contributed by atoms with van der Waals surface area (Å²) in [6.45, 7) is 0. The van der Waals surface area contributed by atoms with Crippen molar-refractivity contribution in [2.24, 2.45) is 0 Å². The monoisotopic (exact) mass is 220 g/mol. The van der Waals surface area contributed by atoms with E-state index in [9.17, 15) is 9.59 Å². The highest BCUT2D eigenvalue weighted by molar-refractivity contribution is 5.85. The molecule has 0 aliphatic carbocycles. The van der Waals surface area contributed by atoms with Gasteiger partial charge < -0.3 is 4.74 Å². The fraction of sp³-hybridized carbons (Fsp3) is 0.111. The Balaban J connectivity index is 2.38. The average Bonchev–Trinajstić information content (AvgIpc) is 2.95. The van der Waals surface area contributed by atoms with Crippen molar-refractivity contribution in [3.05, 3.63) is 29.8 Å². The Morgan fingerprint density at radius 1 is 1.62 bits per heavy atom. The summed E-state index contributed by atoms with van der Waals surface area (Å²) in [5.41, 5.74) is 0.399. The van der Waals surface area contributed by atoms with Crippen LogP contribution in [0.1, 0.15) is 21.1 Å². The Bertz CT molecular complexity index is 528. The second kappa shape index (κ2) is 3.97. The molecule has 0 saturated heterocycles. The molecule has 0 unspecified atom stereocenters. The number of aromatic amines is 1. The number of ether oxygens (including phenoxy) is 1. The largest absolute Gasteiger partial charge is 0.463 e. The van der Waals surface area contributed by atoms with Crippen LogP contribution >= 0.6 is 0 Å². The van der Waals surface area contributed by atoms with Crippen LogP contribution in [0.4, 0.5) is 0 Å². The van der Waals surface area contributed by atoms with E-state index in [0.717, 1.165) is 0 Å². The third-order valence-corrected chi connectivity index (χ3v) is 1.97. The molecule has 2 aromatic heterocycles. The molecule has 0 spiro atoms. The SMILES string of the molecule is COC(=O)c1nc(-n2cccc2C=O)n[nH]1. The number of H-pyrrole nitrogens is 1. The molecule has 0 bridgehead atoms. The normalized spacial score (nSPS) is 10.1. The zero-order valence-corrected chi connectivity index (χ0v) is 8.38. The van der Waals surface area contributed by atoms with E-state index < -0.39 is 5.97 Å². The van der Waals surface area contributed by atoms with Crippen molar-refractivity contribution in [3.8, 4) is 5.95 Å². The Morgan fingerprint density at radius 2 is 2.44 bits per heavy atom. The molecule has 82 valence electrons. The standard InChI is InChI=1S/C9H8N4O3/c1-16-8(15)7-10-9(12-11-7)13-4-2-3-6(13)5-14/h2-5H,1H3,(H,10,11,12). The molecular weight excluding hydrogens is 212 g/mol. The zero-order valence-electron chi connectivity index (χ0n) is 8.38. The van der Waals surface area contributed by atoms with Crippen LogP contribution in [0.25, 0.3) is 5.95 Å². The molecule has 0 atom stereocenters. The maximum Gasteiger partial charge on any atom is 0.375 e. The van der Waals surface area contributed by atoms with Crippen LogP contribution in [0.2, 0.25) is 0 Å². The number of hydrogen-bond donors (Lipinski definition) is 1. The maximum atomic E-state index is 11.1. The summed E-state index contributed by atoms with van der Waals surface area (Å²) in [5, 5.41) is 6.23. The molecule has 0 aliphatic heterocycles. The number of esters is 1. The van der Waals surface area contributed by atoms with Gasteiger partial charge >= 0.3 is 5.97 Å². The van der Waals surface area contributed by atoms with Gasteiger partial charge in [0, 0.05) is 6.20 Å². The number of nitrogens with zero attached hydrogens (tertiary/aromatic N) is 3. The van der Waals surface area contributed by atoms with E-state index in [0.29, 0.717) is 12.0 Å². The highest BCUT2D eigenvalue weighted by Crippen LogP contribution is 2.06. The number of hydrogen-bond acceptors (Lipinski definition) is 5. The van der Waals surface area contributed by atoms with Gasteiger partial charge in [0.15, 0.2) is 6.29 Å². The summed E-state index contributed by atoms with van der Waals surface area (Å²) in [5.74, 6) is -0.408. The zero-order chi connectivity index (χ0) is 11.5. The lowest BCUT2D eigenvalue weighted by Gasteiger charge is -1.96. The molecule has 1 N–H and O–H groups in total. The van der Waals surface area contributed by atoms with Crippen molar-refractivity contribution < 1.29 is 14.3 Å². The minimum Gasteiger partial charge on any atom is -0.463 e. The highest BCUT2D eigenvalue weighted by Gasteiger charge is 2.13. The number of carbonyl (C=O) groups excluding carboxylic acids is 2. The molecule has 0 radical (unpaired) electrons. The van der Waals surface area contributed by atoms with Crippen LogP contribution < -0.4 is 0 Å². The van der Waals surface area contributed by atoms with Crippen molar-refractivity contribution in [3.63, 3.8) is 0 Å². The number of rotatable bonds is 3. The molecule has 0 amide bonds. The first-order valence-corrected chi connectivity index (χ1v) is 4.40. The van der Waals surface area contributed by atoms with E-state index in [-0.39, 0.29) is 11.8 Å². The summed E-state index contributed by atoms with van der Waals surface area (Å²) in [4.78, 5) is 25.7. The van der Waals surface area contributed by atoms with E-state index in [1.165, 1.54) is 11.7 Å². The van der Waals surface area contributed by atoms with Crippen LogP contribution in [0, 0.1) is 0 Å². The first kappa shape index (κ1) is 10.1. The summed E-state index contributed by atoms with van der Waals surface area (Å²) >= 11 is 0. The predicted molar refractivity (Wildman–Crippen MR) is 52.4 cm³/mol. The van der Waals surface area contributed by atoms with E-state index in [4.69, 9.17) is 0 Å². The molecule has 7 heteroatoms. The Hall–Kier alpha value is -2.44. The topological polar surface area (TPSA) is 89.9 Å². The van der Waals surface area contributed by atoms with Gasteiger partial charge in [-0.1, -0.05) is 0 Å². The number of nitrogens with one attached hydrogen (secondary N) is 1. The van der Waals surface area contributed by atoms with Crippen molar-refractivity contribution >= 4 is 12.3 Å². The Morgan fingerprint density at radius 3 is 3.12 bits per heavy atom. The van der Waals surface area contributed by atoms with Gasteiger partial charge in [-0.25, -0.2) is 4.79 Å². The third-order valence-electron chi connectivity index (χ3n) is 1.97. The second-order valence-electron chi connectivity index (χ2n) is 2.90. The van der Waals surface area contributed by atoms with Crippen molar-refractivity contribution in [1.29, 1.82) is 0 Å². The summed E-state index contributed by atoms with van der Waals surface area (Å²) in [7, 11) is 1.25. The lowest BCUT2D eigenvalue weighted by atomic mass is 10.5. The highest BCUT2D eigenvalue weighted by atomic mass is 16.5. The van der Waals surface area contributed by atoms with E-state index in [2.05, 4.69) is 19.9 Å². The number of aldehydes is 1. The van der Waals surface area contributed by atoms with E-state index >= 15 is 0 Å².